The van der Waals surface area contributed by atoms with Crippen molar-refractivity contribution in [1.29, 1.82) is 0 Å². The van der Waals surface area contributed by atoms with Gasteiger partial charge in [0, 0.05) is 11.6 Å². The second-order valence-electron chi connectivity index (χ2n) is 4.83. The Morgan fingerprint density at radius 2 is 2.16 bits per heavy atom. The molecule has 1 fully saturated rings. The standard InChI is InChI=1S/C14H17N3O2/c1-18-13-6-10(11-7-14(15)17-16-11)4-5-12(13)19-8-9-2-3-9/h4-7,9H,2-3,8H2,1H3,(H3,15,16,17). The number of H-pyrrole nitrogens is 1. The third kappa shape index (κ3) is 2.65. The summed E-state index contributed by atoms with van der Waals surface area (Å²) in [5.74, 6) is 2.76. The van der Waals surface area contributed by atoms with Crippen molar-refractivity contribution in [3.05, 3.63) is 24.3 Å². The summed E-state index contributed by atoms with van der Waals surface area (Å²) < 4.78 is 11.1. The maximum Gasteiger partial charge on any atom is 0.161 e. The molecule has 1 aromatic heterocycles. The van der Waals surface area contributed by atoms with Gasteiger partial charge in [0.1, 0.15) is 5.82 Å². The van der Waals surface area contributed by atoms with Gasteiger partial charge in [-0.05, 0) is 37.0 Å². The first-order chi connectivity index (χ1) is 9.26. The van der Waals surface area contributed by atoms with Gasteiger partial charge in [0.25, 0.3) is 0 Å². The average molecular weight is 259 g/mol. The van der Waals surface area contributed by atoms with E-state index in [0.717, 1.165) is 35.3 Å². The Balaban J connectivity index is 1.83. The van der Waals surface area contributed by atoms with E-state index in [-0.39, 0.29) is 0 Å². The first-order valence-corrected chi connectivity index (χ1v) is 6.38. The molecule has 1 aromatic carbocycles. The van der Waals surface area contributed by atoms with Crippen LogP contribution < -0.4 is 15.2 Å². The van der Waals surface area contributed by atoms with Crippen molar-refractivity contribution in [2.75, 3.05) is 19.5 Å². The molecule has 5 heteroatoms. The van der Waals surface area contributed by atoms with Crippen molar-refractivity contribution in [1.82, 2.24) is 10.2 Å². The van der Waals surface area contributed by atoms with Crippen LogP contribution in [0.25, 0.3) is 11.3 Å². The zero-order valence-electron chi connectivity index (χ0n) is 10.8. The van der Waals surface area contributed by atoms with Crippen molar-refractivity contribution in [3.8, 4) is 22.8 Å². The summed E-state index contributed by atoms with van der Waals surface area (Å²) in [6, 6.07) is 7.58. The Morgan fingerprint density at radius 3 is 2.79 bits per heavy atom. The Labute approximate surface area is 111 Å². The Hall–Kier alpha value is -2.17. The molecule has 0 unspecified atom stereocenters. The van der Waals surface area contributed by atoms with E-state index in [2.05, 4.69) is 10.2 Å². The molecule has 0 aliphatic heterocycles. The number of hydrogen-bond donors (Lipinski definition) is 2. The fourth-order valence-corrected chi connectivity index (χ4v) is 1.92. The highest BCUT2D eigenvalue weighted by Gasteiger charge is 2.22. The van der Waals surface area contributed by atoms with Gasteiger partial charge in [-0.25, -0.2) is 0 Å². The first-order valence-electron chi connectivity index (χ1n) is 6.38. The third-order valence-corrected chi connectivity index (χ3v) is 3.23. The van der Waals surface area contributed by atoms with Gasteiger partial charge in [-0.1, -0.05) is 0 Å². The highest BCUT2D eigenvalue weighted by Crippen LogP contribution is 2.35. The number of anilines is 1. The number of rotatable bonds is 5. The molecule has 0 atom stereocenters. The fraction of sp³-hybridized carbons (Fsp3) is 0.357. The minimum atomic E-state index is 0.544. The minimum absolute atomic E-state index is 0.544. The molecule has 19 heavy (non-hydrogen) atoms. The van der Waals surface area contributed by atoms with Crippen LogP contribution in [0.4, 0.5) is 5.82 Å². The van der Waals surface area contributed by atoms with Crippen LogP contribution >= 0.6 is 0 Å². The maximum absolute atomic E-state index is 5.77. The van der Waals surface area contributed by atoms with Crippen molar-refractivity contribution in [3.63, 3.8) is 0 Å². The number of methoxy groups -OCH3 is 1. The molecule has 0 radical (unpaired) electrons. The second kappa shape index (κ2) is 4.84. The molecule has 100 valence electrons. The molecule has 0 saturated heterocycles. The zero-order valence-corrected chi connectivity index (χ0v) is 10.8. The van der Waals surface area contributed by atoms with E-state index in [1.807, 2.05) is 18.2 Å². The van der Waals surface area contributed by atoms with Gasteiger partial charge in [0.15, 0.2) is 11.5 Å². The van der Waals surface area contributed by atoms with Crippen LogP contribution in [0, 0.1) is 5.92 Å². The lowest BCUT2D eigenvalue weighted by molar-refractivity contribution is 0.280. The molecule has 1 heterocycles. The van der Waals surface area contributed by atoms with Gasteiger partial charge in [-0.3, -0.25) is 5.10 Å². The van der Waals surface area contributed by atoms with Crippen LogP contribution in [0.5, 0.6) is 11.5 Å². The number of ether oxygens (including phenoxy) is 2. The van der Waals surface area contributed by atoms with Crippen molar-refractivity contribution >= 4 is 5.82 Å². The lowest BCUT2D eigenvalue weighted by Crippen LogP contribution is -2.00. The molecular weight excluding hydrogens is 242 g/mol. The van der Waals surface area contributed by atoms with E-state index in [4.69, 9.17) is 15.2 Å². The summed E-state index contributed by atoms with van der Waals surface area (Å²) in [5.41, 5.74) is 7.37. The number of nitrogens with one attached hydrogen (secondary N) is 1. The maximum atomic E-state index is 5.77. The van der Waals surface area contributed by atoms with Crippen molar-refractivity contribution in [2.24, 2.45) is 5.92 Å². The fourth-order valence-electron chi connectivity index (χ4n) is 1.92. The molecule has 1 aliphatic rings. The van der Waals surface area contributed by atoms with Crippen molar-refractivity contribution < 1.29 is 9.47 Å². The van der Waals surface area contributed by atoms with Gasteiger partial charge in [0.2, 0.25) is 0 Å². The van der Waals surface area contributed by atoms with Gasteiger partial charge in [0.05, 0.1) is 19.4 Å². The van der Waals surface area contributed by atoms with Crippen LogP contribution in [0.3, 0.4) is 0 Å². The number of aromatic amines is 1. The monoisotopic (exact) mass is 259 g/mol. The molecule has 2 aromatic rings. The smallest absolute Gasteiger partial charge is 0.161 e. The molecule has 3 rings (SSSR count). The number of benzene rings is 1. The number of hydrogen-bond acceptors (Lipinski definition) is 4. The first kappa shape index (κ1) is 11.9. The molecule has 0 amide bonds. The second-order valence-corrected chi connectivity index (χ2v) is 4.83. The molecule has 3 N–H and O–H groups in total. The third-order valence-electron chi connectivity index (χ3n) is 3.23. The van der Waals surface area contributed by atoms with E-state index >= 15 is 0 Å². The Kier molecular flexibility index (Phi) is 3.03. The topological polar surface area (TPSA) is 73.2 Å². The molecule has 0 spiro atoms. The van der Waals surface area contributed by atoms with Crippen molar-refractivity contribution in [2.45, 2.75) is 12.8 Å². The summed E-state index contributed by atoms with van der Waals surface area (Å²) in [5, 5.41) is 6.85. The number of nitrogens with zero attached hydrogens (tertiary/aromatic N) is 1. The van der Waals surface area contributed by atoms with Crippen LogP contribution in [0.1, 0.15) is 12.8 Å². The Morgan fingerprint density at radius 1 is 1.32 bits per heavy atom. The minimum Gasteiger partial charge on any atom is -0.493 e. The SMILES string of the molecule is COc1cc(-c2cc(N)[nH]n2)ccc1OCC1CC1. The number of nitrogen functional groups attached to an aromatic ring is 1. The van der Waals surface area contributed by atoms with E-state index < -0.39 is 0 Å². The largest absolute Gasteiger partial charge is 0.493 e. The van der Waals surface area contributed by atoms with E-state index in [0.29, 0.717) is 5.82 Å². The molecule has 0 bridgehead atoms. The molecular formula is C14H17N3O2. The molecule has 1 aliphatic carbocycles. The summed E-state index contributed by atoms with van der Waals surface area (Å²) in [7, 11) is 1.64. The van der Waals surface area contributed by atoms with Crippen LogP contribution in [-0.2, 0) is 0 Å². The quantitative estimate of drug-likeness (QED) is 0.865. The van der Waals surface area contributed by atoms with Gasteiger partial charge >= 0.3 is 0 Å². The van der Waals surface area contributed by atoms with E-state index in [1.165, 1.54) is 12.8 Å². The van der Waals surface area contributed by atoms with Crippen LogP contribution in [0.2, 0.25) is 0 Å². The number of nitrogens with two attached hydrogens (primary N) is 1. The van der Waals surface area contributed by atoms with Crippen LogP contribution in [-0.4, -0.2) is 23.9 Å². The normalized spacial score (nSPS) is 14.4. The predicted octanol–water partition coefficient (Wildman–Crippen LogP) is 2.46. The summed E-state index contributed by atoms with van der Waals surface area (Å²) in [6.07, 6.45) is 2.54. The van der Waals surface area contributed by atoms with Gasteiger partial charge in [-0.15, -0.1) is 0 Å². The number of aromatic nitrogens is 2. The summed E-state index contributed by atoms with van der Waals surface area (Å²) in [4.78, 5) is 0. The lowest BCUT2D eigenvalue weighted by atomic mass is 10.1. The summed E-state index contributed by atoms with van der Waals surface area (Å²) in [6.45, 7) is 0.769. The summed E-state index contributed by atoms with van der Waals surface area (Å²) >= 11 is 0. The highest BCUT2D eigenvalue weighted by molar-refractivity contribution is 5.65. The molecule has 1 saturated carbocycles. The zero-order chi connectivity index (χ0) is 13.2. The average Bonchev–Trinajstić information content (AvgIpc) is 3.16. The Bertz CT molecular complexity index is 576. The lowest BCUT2D eigenvalue weighted by Gasteiger charge is -2.11. The van der Waals surface area contributed by atoms with Gasteiger partial charge < -0.3 is 15.2 Å². The predicted molar refractivity (Wildman–Crippen MR) is 73.2 cm³/mol. The van der Waals surface area contributed by atoms with Crippen LogP contribution in [0.15, 0.2) is 24.3 Å². The van der Waals surface area contributed by atoms with E-state index in [1.54, 1.807) is 13.2 Å². The van der Waals surface area contributed by atoms with E-state index in [9.17, 15) is 0 Å². The van der Waals surface area contributed by atoms with Gasteiger partial charge in [-0.2, -0.15) is 5.10 Å². The highest BCUT2D eigenvalue weighted by atomic mass is 16.5. The molecule has 5 nitrogen and oxygen atoms in total.